The zero-order valence-corrected chi connectivity index (χ0v) is 12.1. The van der Waals surface area contributed by atoms with Crippen LogP contribution in [0.15, 0.2) is 66.2 Å². The number of aliphatic carboxylic acids is 1. The average molecular weight is 279 g/mol. The molecule has 0 unspecified atom stereocenters. The van der Waals surface area contributed by atoms with Crippen LogP contribution >= 0.6 is 0 Å². The van der Waals surface area contributed by atoms with Crippen molar-refractivity contribution in [2.24, 2.45) is 0 Å². The molecule has 21 heavy (non-hydrogen) atoms. The Kier molecular flexibility index (Phi) is 6.43. The van der Waals surface area contributed by atoms with Gasteiger partial charge in [0.1, 0.15) is 11.6 Å². The Morgan fingerprint density at radius 2 is 1.29 bits per heavy atom. The third kappa shape index (κ3) is 4.05. The summed E-state index contributed by atoms with van der Waals surface area (Å²) in [5, 5.41) is 18.3. The number of carboxylic acid groups (broad SMARTS) is 1. The molecule has 0 fully saturated rings. The van der Waals surface area contributed by atoms with Crippen molar-refractivity contribution >= 4 is 11.5 Å². The summed E-state index contributed by atoms with van der Waals surface area (Å²) in [5.41, 5.74) is 1.62. The number of carboxylic acids is 1. The minimum absolute atomic E-state index is 0.252. The maximum atomic E-state index is 11.2. The zero-order chi connectivity index (χ0) is 15.7. The predicted octanol–water partition coefficient (Wildman–Crippen LogP) is 4.12. The first-order valence-electron chi connectivity index (χ1n) is 6.72. The van der Waals surface area contributed by atoms with Crippen LogP contribution in [0.4, 0.5) is 0 Å². The SMILES string of the molecule is CC.N#CC(C(=O)O)=C(c1ccccc1)c1ccccc1. The smallest absolute Gasteiger partial charge is 0.347 e. The Balaban J connectivity index is 0.00000106. The van der Waals surface area contributed by atoms with Crippen molar-refractivity contribution < 1.29 is 9.90 Å². The Hall–Kier alpha value is -2.86. The molecule has 0 amide bonds. The molecule has 106 valence electrons. The molecular weight excluding hydrogens is 262 g/mol. The number of benzene rings is 2. The van der Waals surface area contributed by atoms with Crippen LogP contribution in [0.1, 0.15) is 25.0 Å². The first-order valence-corrected chi connectivity index (χ1v) is 6.72. The highest BCUT2D eigenvalue weighted by atomic mass is 16.4. The van der Waals surface area contributed by atoms with Gasteiger partial charge in [0, 0.05) is 5.57 Å². The normalized spacial score (nSPS) is 8.81. The fourth-order valence-corrected chi connectivity index (χ4v) is 1.88. The van der Waals surface area contributed by atoms with Gasteiger partial charge in [0.25, 0.3) is 0 Å². The number of hydrogen-bond acceptors (Lipinski definition) is 2. The van der Waals surface area contributed by atoms with E-state index in [0.29, 0.717) is 16.7 Å². The van der Waals surface area contributed by atoms with Crippen molar-refractivity contribution in [3.05, 3.63) is 77.4 Å². The van der Waals surface area contributed by atoms with Gasteiger partial charge in [-0.05, 0) is 11.1 Å². The lowest BCUT2D eigenvalue weighted by atomic mass is 9.93. The van der Waals surface area contributed by atoms with E-state index in [1.807, 2.05) is 50.2 Å². The van der Waals surface area contributed by atoms with Gasteiger partial charge in [0.2, 0.25) is 0 Å². The van der Waals surface area contributed by atoms with Gasteiger partial charge in [0.15, 0.2) is 0 Å². The molecule has 0 saturated heterocycles. The summed E-state index contributed by atoms with van der Waals surface area (Å²) >= 11 is 0. The van der Waals surface area contributed by atoms with Gasteiger partial charge < -0.3 is 5.11 Å². The standard InChI is InChI=1S/C16H11NO2.C2H6/c17-11-14(16(18)19)15(12-7-3-1-4-8-12)13-9-5-2-6-10-13;1-2/h1-10H,(H,18,19);1-2H3. The number of nitrogens with zero attached hydrogens (tertiary/aromatic N) is 1. The van der Waals surface area contributed by atoms with Crippen LogP contribution < -0.4 is 0 Å². The van der Waals surface area contributed by atoms with Crippen molar-refractivity contribution in [2.75, 3.05) is 0 Å². The second-order valence-electron chi connectivity index (χ2n) is 3.90. The van der Waals surface area contributed by atoms with Crippen molar-refractivity contribution in [1.29, 1.82) is 5.26 Å². The fraction of sp³-hybridized carbons (Fsp3) is 0.111. The monoisotopic (exact) mass is 279 g/mol. The van der Waals surface area contributed by atoms with Gasteiger partial charge >= 0.3 is 5.97 Å². The van der Waals surface area contributed by atoms with Gasteiger partial charge in [-0.3, -0.25) is 0 Å². The van der Waals surface area contributed by atoms with Gasteiger partial charge in [-0.2, -0.15) is 5.26 Å². The minimum atomic E-state index is -1.22. The molecule has 0 aliphatic rings. The van der Waals surface area contributed by atoms with E-state index in [4.69, 9.17) is 5.26 Å². The second kappa shape index (κ2) is 8.34. The highest BCUT2D eigenvalue weighted by molar-refractivity contribution is 6.04. The van der Waals surface area contributed by atoms with Gasteiger partial charge in [0.05, 0.1) is 0 Å². The summed E-state index contributed by atoms with van der Waals surface area (Å²) in [4.78, 5) is 11.2. The van der Waals surface area contributed by atoms with E-state index in [0.717, 1.165) is 0 Å². The van der Waals surface area contributed by atoms with Crippen molar-refractivity contribution in [1.82, 2.24) is 0 Å². The third-order valence-corrected chi connectivity index (χ3v) is 2.70. The number of rotatable bonds is 3. The third-order valence-electron chi connectivity index (χ3n) is 2.70. The largest absolute Gasteiger partial charge is 0.477 e. The molecular formula is C18H17NO2. The second-order valence-corrected chi connectivity index (χ2v) is 3.90. The summed E-state index contributed by atoms with van der Waals surface area (Å²) < 4.78 is 0. The summed E-state index contributed by atoms with van der Waals surface area (Å²) in [6.45, 7) is 4.00. The number of nitriles is 1. The summed E-state index contributed by atoms with van der Waals surface area (Å²) in [6.07, 6.45) is 0. The van der Waals surface area contributed by atoms with E-state index < -0.39 is 5.97 Å². The van der Waals surface area contributed by atoms with E-state index in [1.165, 1.54) is 0 Å². The summed E-state index contributed by atoms with van der Waals surface area (Å²) in [5.74, 6) is -1.22. The lowest BCUT2D eigenvalue weighted by Gasteiger charge is -2.09. The summed E-state index contributed by atoms with van der Waals surface area (Å²) in [7, 11) is 0. The molecule has 3 heteroatoms. The molecule has 0 aromatic heterocycles. The fourth-order valence-electron chi connectivity index (χ4n) is 1.88. The minimum Gasteiger partial charge on any atom is -0.477 e. The molecule has 3 nitrogen and oxygen atoms in total. The van der Waals surface area contributed by atoms with E-state index in [1.54, 1.807) is 30.3 Å². The Morgan fingerprint density at radius 3 is 1.57 bits per heavy atom. The van der Waals surface area contributed by atoms with E-state index >= 15 is 0 Å². The number of hydrogen-bond donors (Lipinski definition) is 1. The van der Waals surface area contributed by atoms with Crippen LogP contribution in [0, 0.1) is 11.3 Å². The van der Waals surface area contributed by atoms with E-state index in [2.05, 4.69) is 0 Å². The predicted molar refractivity (Wildman–Crippen MR) is 83.5 cm³/mol. The highest BCUT2D eigenvalue weighted by Crippen LogP contribution is 2.26. The van der Waals surface area contributed by atoms with Gasteiger partial charge in [-0.25, -0.2) is 4.79 Å². The van der Waals surface area contributed by atoms with Crippen molar-refractivity contribution in [3.63, 3.8) is 0 Å². The Labute approximate surface area is 124 Å². The maximum Gasteiger partial charge on any atom is 0.347 e. The molecule has 0 saturated carbocycles. The van der Waals surface area contributed by atoms with Crippen LogP contribution in [0.5, 0.6) is 0 Å². The first-order chi connectivity index (χ1) is 10.2. The molecule has 0 aliphatic carbocycles. The average Bonchev–Trinajstić information content (AvgIpc) is 2.55. The van der Waals surface area contributed by atoms with E-state index in [-0.39, 0.29) is 5.57 Å². The zero-order valence-electron chi connectivity index (χ0n) is 12.1. The summed E-state index contributed by atoms with van der Waals surface area (Å²) in [6, 6.07) is 19.9. The topological polar surface area (TPSA) is 61.1 Å². The first kappa shape index (κ1) is 16.2. The molecule has 2 aromatic rings. The molecule has 0 atom stereocenters. The lowest BCUT2D eigenvalue weighted by Crippen LogP contribution is -2.03. The van der Waals surface area contributed by atoms with Crippen LogP contribution in [-0.2, 0) is 4.79 Å². The maximum absolute atomic E-state index is 11.2. The number of carbonyl (C=O) groups is 1. The molecule has 2 rings (SSSR count). The lowest BCUT2D eigenvalue weighted by molar-refractivity contribution is -0.132. The van der Waals surface area contributed by atoms with Crippen LogP contribution in [0.25, 0.3) is 5.57 Å². The van der Waals surface area contributed by atoms with Crippen LogP contribution in [-0.4, -0.2) is 11.1 Å². The molecule has 0 bridgehead atoms. The Bertz CT molecular complexity index is 611. The molecule has 2 aromatic carbocycles. The van der Waals surface area contributed by atoms with Gasteiger partial charge in [-0.15, -0.1) is 0 Å². The van der Waals surface area contributed by atoms with Crippen molar-refractivity contribution in [3.8, 4) is 6.07 Å². The highest BCUT2D eigenvalue weighted by Gasteiger charge is 2.17. The molecule has 0 heterocycles. The molecule has 1 N–H and O–H groups in total. The molecule has 0 aliphatic heterocycles. The van der Waals surface area contributed by atoms with Crippen LogP contribution in [0.2, 0.25) is 0 Å². The molecule has 0 spiro atoms. The van der Waals surface area contributed by atoms with Crippen LogP contribution in [0.3, 0.4) is 0 Å². The Morgan fingerprint density at radius 1 is 0.905 bits per heavy atom. The molecule has 0 radical (unpaired) electrons. The quantitative estimate of drug-likeness (QED) is 0.679. The van der Waals surface area contributed by atoms with E-state index in [9.17, 15) is 9.90 Å². The van der Waals surface area contributed by atoms with Gasteiger partial charge in [-0.1, -0.05) is 74.5 Å². The van der Waals surface area contributed by atoms with Crippen molar-refractivity contribution in [2.45, 2.75) is 13.8 Å².